The van der Waals surface area contributed by atoms with Gasteiger partial charge in [0.15, 0.2) is 0 Å². The van der Waals surface area contributed by atoms with Crippen molar-refractivity contribution >= 4 is 36.3 Å². The quantitative estimate of drug-likeness (QED) is 0.263. The number of rotatable bonds is 8. The lowest BCUT2D eigenvalue weighted by Crippen LogP contribution is -2.13. The smallest absolute Gasteiger partial charge is 0.126 e. The van der Waals surface area contributed by atoms with Gasteiger partial charge in [-0.05, 0) is 68.0 Å². The number of aliphatic imine (C=N–C) groups is 1. The second-order valence-electron chi connectivity index (χ2n) is 7.89. The molecule has 3 rings (SSSR count). The van der Waals surface area contributed by atoms with Gasteiger partial charge < -0.3 is 10.1 Å². The third-order valence-corrected chi connectivity index (χ3v) is 5.95. The van der Waals surface area contributed by atoms with Crippen molar-refractivity contribution in [3.8, 4) is 5.75 Å². The van der Waals surface area contributed by atoms with E-state index in [0.29, 0.717) is 16.5 Å². The second-order valence-corrected chi connectivity index (χ2v) is 8.97. The standard InChI is InChI=1S/C24H28ClFN2OS/c1-14-5-8-18(11-21(14)26)22(10-17-6-7-17)27-13-28-24(16(3)30)19-9-15(2)23(29-4)12-20(19)25/h5,8-9,11-13,17,22,30H,6-7,10H2,1-4H3,(H,27,28)/b24-16-/t22-/m0/s1. The molecular formula is C24H28ClFN2OS. The Hall–Kier alpha value is -1.98. The van der Waals surface area contributed by atoms with Gasteiger partial charge >= 0.3 is 0 Å². The van der Waals surface area contributed by atoms with Crippen LogP contribution in [0.4, 0.5) is 4.39 Å². The van der Waals surface area contributed by atoms with Gasteiger partial charge in [-0.1, -0.05) is 36.6 Å². The van der Waals surface area contributed by atoms with Crippen molar-refractivity contribution in [3.63, 3.8) is 0 Å². The van der Waals surface area contributed by atoms with E-state index in [9.17, 15) is 4.39 Å². The molecule has 1 N–H and O–H groups in total. The van der Waals surface area contributed by atoms with Crippen LogP contribution >= 0.6 is 24.2 Å². The van der Waals surface area contributed by atoms with E-state index in [-0.39, 0.29) is 11.9 Å². The first-order valence-corrected chi connectivity index (χ1v) is 10.9. The largest absolute Gasteiger partial charge is 0.496 e. The summed E-state index contributed by atoms with van der Waals surface area (Å²) in [6.07, 6.45) is 5.03. The molecule has 0 saturated heterocycles. The normalized spacial score (nSPS) is 15.8. The molecule has 1 aliphatic carbocycles. The molecule has 2 aromatic carbocycles. The number of methoxy groups -OCH3 is 1. The van der Waals surface area contributed by atoms with Crippen LogP contribution in [-0.4, -0.2) is 13.4 Å². The number of benzene rings is 2. The highest BCUT2D eigenvalue weighted by Crippen LogP contribution is 2.39. The van der Waals surface area contributed by atoms with Crippen molar-refractivity contribution < 1.29 is 9.13 Å². The molecule has 1 saturated carbocycles. The second kappa shape index (κ2) is 9.88. The zero-order chi connectivity index (χ0) is 21.8. The van der Waals surface area contributed by atoms with Crippen molar-refractivity contribution in [2.24, 2.45) is 10.9 Å². The van der Waals surface area contributed by atoms with Gasteiger partial charge in [-0.3, -0.25) is 4.99 Å². The lowest BCUT2D eigenvalue weighted by atomic mass is 10.0. The minimum Gasteiger partial charge on any atom is -0.496 e. The Labute approximate surface area is 188 Å². The topological polar surface area (TPSA) is 33.6 Å². The number of allylic oxidation sites excluding steroid dienone is 1. The van der Waals surface area contributed by atoms with Crippen LogP contribution in [0.5, 0.6) is 5.75 Å². The number of thiol groups is 1. The first-order valence-electron chi connectivity index (χ1n) is 10.1. The van der Waals surface area contributed by atoms with Gasteiger partial charge in [0.1, 0.15) is 11.6 Å². The van der Waals surface area contributed by atoms with Crippen LogP contribution in [0.25, 0.3) is 5.70 Å². The summed E-state index contributed by atoms with van der Waals surface area (Å²) in [6.45, 7) is 5.63. The maximum absolute atomic E-state index is 14.1. The molecule has 160 valence electrons. The first-order chi connectivity index (χ1) is 14.3. The van der Waals surface area contributed by atoms with Crippen molar-refractivity contribution in [3.05, 3.63) is 68.3 Å². The summed E-state index contributed by atoms with van der Waals surface area (Å²) < 4.78 is 19.5. The highest BCUT2D eigenvalue weighted by atomic mass is 35.5. The van der Waals surface area contributed by atoms with Gasteiger partial charge in [-0.2, -0.15) is 0 Å². The summed E-state index contributed by atoms with van der Waals surface area (Å²) >= 11 is 11.0. The zero-order valence-electron chi connectivity index (χ0n) is 17.8. The molecule has 1 aliphatic rings. The van der Waals surface area contributed by atoms with Gasteiger partial charge in [0.05, 0.1) is 30.2 Å². The van der Waals surface area contributed by atoms with Crippen molar-refractivity contribution in [2.45, 2.75) is 46.1 Å². The fourth-order valence-electron chi connectivity index (χ4n) is 3.41. The SMILES string of the molecule is COc1cc(Cl)c(/C(NC=N[C@@H](CC2CC2)c2ccc(C)c(F)c2)=C(\C)S)cc1C. The molecule has 0 radical (unpaired) electrons. The molecule has 0 bridgehead atoms. The number of hydrogen-bond donors (Lipinski definition) is 2. The third kappa shape index (κ3) is 5.58. The highest BCUT2D eigenvalue weighted by molar-refractivity contribution is 7.84. The maximum atomic E-state index is 14.1. The van der Waals surface area contributed by atoms with Crippen molar-refractivity contribution in [1.82, 2.24) is 5.32 Å². The average Bonchev–Trinajstić information content (AvgIpc) is 3.52. The van der Waals surface area contributed by atoms with E-state index in [2.05, 4.69) is 17.9 Å². The van der Waals surface area contributed by atoms with E-state index in [0.717, 1.165) is 39.5 Å². The van der Waals surface area contributed by atoms with E-state index in [4.69, 9.17) is 21.3 Å². The molecule has 2 aromatic rings. The Morgan fingerprint density at radius 1 is 1.30 bits per heavy atom. The minimum absolute atomic E-state index is 0.0883. The van der Waals surface area contributed by atoms with Crippen molar-refractivity contribution in [2.75, 3.05) is 7.11 Å². The Morgan fingerprint density at radius 3 is 2.63 bits per heavy atom. The van der Waals surface area contributed by atoms with Crippen LogP contribution in [-0.2, 0) is 0 Å². The molecule has 6 heteroatoms. The van der Waals surface area contributed by atoms with Crippen LogP contribution in [0.15, 0.2) is 40.2 Å². The number of hydrogen-bond acceptors (Lipinski definition) is 3. The molecular weight excluding hydrogens is 419 g/mol. The summed E-state index contributed by atoms with van der Waals surface area (Å²) in [7, 11) is 1.62. The van der Waals surface area contributed by atoms with Gasteiger partial charge in [0.25, 0.3) is 0 Å². The molecule has 3 nitrogen and oxygen atoms in total. The fourth-order valence-corrected chi connectivity index (χ4v) is 3.85. The lowest BCUT2D eigenvalue weighted by molar-refractivity contribution is 0.411. The minimum atomic E-state index is -0.191. The number of aryl methyl sites for hydroxylation is 2. The Morgan fingerprint density at radius 2 is 2.03 bits per heavy atom. The van der Waals surface area contributed by atoms with Crippen molar-refractivity contribution in [1.29, 1.82) is 0 Å². The molecule has 0 heterocycles. The van der Waals surface area contributed by atoms with Gasteiger partial charge in [-0.25, -0.2) is 4.39 Å². The molecule has 0 unspecified atom stereocenters. The molecule has 1 fully saturated rings. The summed E-state index contributed by atoms with van der Waals surface area (Å²) in [6, 6.07) is 9.06. The predicted octanol–water partition coefficient (Wildman–Crippen LogP) is 6.88. The molecule has 0 spiro atoms. The summed E-state index contributed by atoms with van der Waals surface area (Å²) in [5.74, 6) is 1.21. The van der Waals surface area contributed by atoms with E-state index in [1.807, 2.05) is 32.0 Å². The maximum Gasteiger partial charge on any atom is 0.126 e. The molecule has 30 heavy (non-hydrogen) atoms. The summed E-state index contributed by atoms with van der Waals surface area (Å²) in [4.78, 5) is 5.52. The van der Waals surface area contributed by atoms with E-state index in [1.54, 1.807) is 32.5 Å². The van der Waals surface area contributed by atoms with Crippen LogP contribution < -0.4 is 10.1 Å². The number of nitrogens with one attached hydrogen (secondary N) is 1. The molecule has 0 aliphatic heterocycles. The van der Waals surface area contributed by atoms with E-state index < -0.39 is 0 Å². The first kappa shape index (κ1) is 22.7. The predicted molar refractivity (Wildman–Crippen MR) is 127 cm³/mol. The lowest BCUT2D eigenvalue weighted by Gasteiger charge is -2.16. The zero-order valence-corrected chi connectivity index (χ0v) is 19.4. The van der Waals surface area contributed by atoms with Crippen LogP contribution in [0, 0.1) is 25.6 Å². The summed E-state index contributed by atoms with van der Waals surface area (Å²) in [5.41, 5.74) is 4.12. The molecule has 0 aromatic heterocycles. The van der Waals surface area contributed by atoms with Crippen LogP contribution in [0.3, 0.4) is 0 Å². The Bertz CT molecular complexity index is 981. The van der Waals surface area contributed by atoms with Gasteiger partial charge in [0.2, 0.25) is 0 Å². The third-order valence-electron chi connectivity index (χ3n) is 5.41. The van der Waals surface area contributed by atoms with Gasteiger partial charge in [0, 0.05) is 10.5 Å². The number of halogens is 2. The van der Waals surface area contributed by atoms with E-state index >= 15 is 0 Å². The number of nitrogens with zero attached hydrogens (tertiary/aromatic N) is 1. The van der Waals surface area contributed by atoms with E-state index in [1.165, 1.54) is 12.8 Å². The number of ether oxygens (including phenoxy) is 1. The molecule has 0 amide bonds. The summed E-state index contributed by atoms with van der Waals surface area (Å²) in [5, 5.41) is 3.82. The molecule has 1 atom stereocenters. The van der Waals surface area contributed by atoms with Gasteiger partial charge in [-0.15, -0.1) is 12.6 Å². The average molecular weight is 447 g/mol. The Balaban J connectivity index is 1.84. The van der Waals surface area contributed by atoms with Crippen LogP contribution in [0.2, 0.25) is 5.02 Å². The monoisotopic (exact) mass is 446 g/mol. The van der Waals surface area contributed by atoms with Crippen LogP contribution in [0.1, 0.15) is 54.5 Å². The fraction of sp³-hybridized carbons (Fsp3) is 0.375. The highest BCUT2D eigenvalue weighted by Gasteiger charge is 2.26. The Kier molecular flexibility index (Phi) is 7.48.